The van der Waals surface area contributed by atoms with Crippen LogP contribution < -0.4 is 48.1 Å². The first-order chi connectivity index (χ1) is 35.0. The average Bonchev–Trinajstić information content (AvgIpc) is 3.38. The monoisotopic (exact) mass is 968 g/mol. The van der Waals surface area contributed by atoms with E-state index in [1.54, 1.807) is 0 Å². The second kappa shape index (κ2) is 18.4. The van der Waals surface area contributed by atoms with Crippen molar-refractivity contribution in [2.45, 2.75) is 137 Å². The van der Waals surface area contributed by atoms with E-state index in [-0.39, 0.29) is 13.4 Å². The van der Waals surface area contributed by atoms with Crippen LogP contribution in [-0.2, 0) is 5.41 Å². The summed E-state index contributed by atoms with van der Waals surface area (Å²) in [5.74, 6) is 2.29. The Balaban J connectivity index is 1.25. The van der Waals surface area contributed by atoms with Crippen molar-refractivity contribution in [2.24, 2.45) is 0 Å². The van der Waals surface area contributed by atoms with E-state index in [4.69, 9.17) is 0 Å². The Bertz CT molecular complexity index is 3290. The van der Waals surface area contributed by atoms with Gasteiger partial charge in [-0.1, -0.05) is 268 Å². The van der Waals surface area contributed by atoms with Gasteiger partial charge in [0.25, 0.3) is 0 Å². The van der Waals surface area contributed by atoms with E-state index in [9.17, 15) is 0 Å². The number of benzene rings is 8. The zero-order chi connectivity index (χ0) is 51.4. The number of nitrogens with zero attached hydrogens (tertiary/aromatic N) is 1. The summed E-state index contributed by atoms with van der Waals surface area (Å²) in [6, 6.07) is 65.4. The van der Waals surface area contributed by atoms with Crippen molar-refractivity contribution in [2.75, 3.05) is 4.90 Å². The van der Waals surface area contributed by atoms with E-state index in [2.05, 4.69) is 265 Å². The SMILES string of the molecule is CC(C)c1cc(C(C)C)c(B2c3ccccc3B(c3c(C(C)C)cc(C(C)C)cc3C(C)C)c3cc(N4c5ccccc5C5(c6ccccc64)c4ccccc4[Si](C)(C)c4ccccc45)ccc32)c(C(C)C)c1. The van der Waals surface area contributed by atoms with Crippen molar-refractivity contribution in [3.8, 4) is 0 Å². The van der Waals surface area contributed by atoms with Crippen LogP contribution in [-0.4, -0.2) is 21.5 Å². The highest BCUT2D eigenvalue weighted by atomic mass is 28.3. The van der Waals surface area contributed by atoms with Gasteiger partial charge in [-0.15, -0.1) is 0 Å². The molecule has 4 heteroatoms. The molecule has 0 bridgehead atoms. The van der Waals surface area contributed by atoms with Crippen molar-refractivity contribution in [3.05, 3.63) is 219 Å². The molecule has 11 rings (SSSR count). The molecule has 0 saturated carbocycles. The average molecular weight is 968 g/mol. The molecule has 0 radical (unpaired) electrons. The van der Waals surface area contributed by atoms with Gasteiger partial charge in [-0.2, -0.15) is 0 Å². The summed E-state index contributed by atoms with van der Waals surface area (Å²) < 4.78 is 0. The second-order valence-electron chi connectivity index (χ2n) is 24.3. The lowest BCUT2D eigenvalue weighted by Crippen LogP contribution is -2.76. The highest BCUT2D eigenvalue weighted by Gasteiger charge is 2.54. The van der Waals surface area contributed by atoms with Crippen LogP contribution in [0.25, 0.3) is 0 Å². The zero-order valence-electron chi connectivity index (χ0n) is 46.2. The molecule has 8 aromatic rings. The lowest BCUT2D eigenvalue weighted by Gasteiger charge is -2.52. The third-order valence-electron chi connectivity index (χ3n) is 17.6. The molecule has 3 heterocycles. The van der Waals surface area contributed by atoms with Crippen molar-refractivity contribution >= 4 is 81.7 Å². The predicted molar refractivity (Wildman–Crippen MR) is 323 cm³/mol. The number of hydrogen-bond acceptors (Lipinski definition) is 1. The Hall–Kier alpha value is -6.09. The number of hydrogen-bond donors (Lipinski definition) is 0. The summed E-state index contributed by atoms with van der Waals surface area (Å²) in [5, 5.41) is 3.06. The largest absolute Gasteiger partial charge is 0.310 e. The fraction of sp³-hybridized carbons (Fsp3) is 0.304. The van der Waals surface area contributed by atoms with Gasteiger partial charge in [0.2, 0.25) is 13.4 Å². The van der Waals surface area contributed by atoms with Crippen LogP contribution in [0.1, 0.15) is 174 Å². The summed E-state index contributed by atoms with van der Waals surface area (Å²) in [7, 11) is -2.07. The Morgan fingerprint density at radius 3 is 1.10 bits per heavy atom. The molecule has 366 valence electrons. The molecular formula is C69H75B2NSi. The molecule has 0 amide bonds. The molecule has 0 N–H and O–H groups in total. The highest BCUT2D eigenvalue weighted by molar-refractivity contribution is 7.11. The van der Waals surface area contributed by atoms with E-state index in [0.717, 1.165) is 0 Å². The van der Waals surface area contributed by atoms with Crippen molar-refractivity contribution in [3.63, 3.8) is 0 Å². The second-order valence-corrected chi connectivity index (χ2v) is 28.6. The molecule has 0 unspecified atom stereocenters. The van der Waals surface area contributed by atoms with E-state index >= 15 is 0 Å². The smallest absolute Gasteiger partial charge is 0.240 e. The van der Waals surface area contributed by atoms with Crippen LogP contribution in [0.15, 0.2) is 164 Å². The third-order valence-corrected chi connectivity index (χ3v) is 21.2. The van der Waals surface area contributed by atoms with E-state index in [1.165, 1.54) is 116 Å². The van der Waals surface area contributed by atoms with Gasteiger partial charge in [0.1, 0.15) is 8.07 Å². The Labute approximate surface area is 440 Å². The minimum Gasteiger partial charge on any atom is -0.310 e. The van der Waals surface area contributed by atoms with Crippen molar-refractivity contribution in [1.29, 1.82) is 0 Å². The van der Waals surface area contributed by atoms with Gasteiger partial charge in [0, 0.05) is 5.69 Å². The van der Waals surface area contributed by atoms with Crippen LogP contribution in [0, 0.1) is 0 Å². The lowest BCUT2D eigenvalue weighted by molar-refractivity contribution is 0.735. The zero-order valence-corrected chi connectivity index (χ0v) is 47.2. The quantitative estimate of drug-likeness (QED) is 0.130. The summed E-state index contributed by atoms with van der Waals surface area (Å²) in [5.41, 5.74) is 26.4. The van der Waals surface area contributed by atoms with Gasteiger partial charge in [-0.3, -0.25) is 0 Å². The van der Waals surface area contributed by atoms with Crippen LogP contribution in [0.5, 0.6) is 0 Å². The number of para-hydroxylation sites is 2. The predicted octanol–water partition coefficient (Wildman–Crippen LogP) is 13.1. The molecular weight excluding hydrogens is 892 g/mol. The fourth-order valence-corrected chi connectivity index (χ4v) is 17.2. The van der Waals surface area contributed by atoms with E-state index in [1.807, 2.05) is 0 Å². The van der Waals surface area contributed by atoms with Crippen molar-refractivity contribution < 1.29 is 0 Å². The van der Waals surface area contributed by atoms with Gasteiger partial charge in [-0.05, 0) is 126 Å². The summed E-state index contributed by atoms with van der Waals surface area (Å²) in [6.45, 7) is 34.0. The number of rotatable bonds is 9. The van der Waals surface area contributed by atoms with Gasteiger partial charge in [-0.25, -0.2) is 0 Å². The van der Waals surface area contributed by atoms with Gasteiger partial charge in [0.05, 0.1) is 16.8 Å². The first kappa shape index (κ1) is 49.1. The Morgan fingerprint density at radius 2 is 0.699 bits per heavy atom. The van der Waals surface area contributed by atoms with Gasteiger partial charge >= 0.3 is 0 Å². The normalized spacial score (nSPS) is 15.0. The lowest BCUT2D eigenvalue weighted by atomic mass is 9.20. The molecule has 8 aromatic carbocycles. The first-order valence-corrected chi connectivity index (χ1v) is 30.7. The maximum absolute atomic E-state index is 2.66. The summed E-state index contributed by atoms with van der Waals surface area (Å²) >= 11 is 0. The molecule has 3 aliphatic rings. The van der Waals surface area contributed by atoms with E-state index < -0.39 is 13.5 Å². The van der Waals surface area contributed by atoms with Crippen molar-refractivity contribution in [1.82, 2.24) is 0 Å². The van der Waals surface area contributed by atoms with Gasteiger partial charge in [0.15, 0.2) is 0 Å². The standard InChI is InChI=1S/C69H75B2NSi/c1-42(2)48-37-51(44(5)6)67(52(38-48)45(7)8)70-59-29-19-20-30-60(59)71(68-53(46(9)10)39-49(43(3)4)40-54(68)47(11)12)62-41-50(35-36-61(62)70)72-63-31-21-15-25-55(63)69(56-26-16-22-32-64(56)72)57-27-17-23-33-65(57)73(13,14)66-34-24-18-28-58(66)69/h15-47H,1-14H3. The van der Waals surface area contributed by atoms with Crippen LogP contribution in [0.3, 0.4) is 0 Å². The van der Waals surface area contributed by atoms with Crippen LogP contribution in [0.2, 0.25) is 13.1 Å². The first-order valence-electron chi connectivity index (χ1n) is 27.7. The molecule has 0 aliphatic carbocycles. The highest BCUT2D eigenvalue weighted by Crippen LogP contribution is 2.58. The topological polar surface area (TPSA) is 3.24 Å². The molecule has 1 spiro atoms. The van der Waals surface area contributed by atoms with Gasteiger partial charge < -0.3 is 4.90 Å². The fourth-order valence-electron chi connectivity index (χ4n) is 14.0. The molecule has 0 aromatic heterocycles. The minimum absolute atomic E-state index is 0.0317. The summed E-state index contributed by atoms with van der Waals surface area (Å²) in [6.07, 6.45) is 0. The summed E-state index contributed by atoms with van der Waals surface area (Å²) in [4.78, 5) is 2.64. The van der Waals surface area contributed by atoms with Crippen LogP contribution in [0.4, 0.5) is 17.1 Å². The molecule has 0 fully saturated rings. The molecule has 73 heavy (non-hydrogen) atoms. The minimum atomic E-state index is -2.07. The Morgan fingerprint density at radius 1 is 0.356 bits per heavy atom. The van der Waals surface area contributed by atoms with E-state index in [0.29, 0.717) is 35.5 Å². The Kier molecular flexibility index (Phi) is 12.4. The molecule has 0 atom stereocenters. The maximum Gasteiger partial charge on any atom is 0.240 e. The number of fused-ring (bicyclic) bond motifs is 10. The third kappa shape index (κ3) is 7.46. The number of anilines is 3. The molecule has 3 aliphatic heterocycles. The van der Waals surface area contributed by atoms with Crippen LogP contribution >= 0.6 is 0 Å². The maximum atomic E-state index is 2.66. The molecule has 0 saturated heterocycles. The molecule has 1 nitrogen and oxygen atoms in total.